The highest BCUT2D eigenvalue weighted by atomic mass is 35.5. The summed E-state index contributed by atoms with van der Waals surface area (Å²) in [6.45, 7) is 3.36. The van der Waals surface area contributed by atoms with Crippen LogP contribution in [0.15, 0.2) is 60.7 Å². The highest BCUT2D eigenvalue weighted by Gasteiger charge is 2.10. The van der Waals surface area contributed by atoms with E-state index in [1.54, 1.807) is 0 Å². The van der Waals surface area contributed by atoms with E-state index in [4.69, 9.17) is 10.5 Å². The van der Waals surface area contributed by atoms with Crippen molar-refractivity contribution in [1.82, 2.24) is 5.32 Å². The number of fused-ring (bicyclic) bond motifs is 1. The lowest BCUT2D eigenvalue weighted by atomic mass is 10.0. The highest BCUT2D eigenvalue weighted by molar-refractivity contribution is 5.88. The number of rotatable bonds is 7. The monoisotopic (exact) mass is 370 g/mol. The number of carbonyl (C=O) groups excluding carboxylic acids is 1. The first-order chi connectivity index (χ1) is 12.1. The molecule has 0 unspecified atom stereocenters. The maximum atomic E-state index is 11.1. The standard InChI is InChI=1S/C21H22N2O2.ClH/c1-15-6-8-16(9-7-15)12-23-13-19-18-5-3-2-4-17(18)10-11-20(19)25-14-21(22)24;/h2-11,23H,12-14H2,1H3,(H2,22,24);1H. The molecule has 3 rings (SSSR count). The minimum atomic E-state index is -0.480. The summed E-state index contributed by atoms with van der Waals surface area (Å²) in [6.07, 6.45) is 0. The number of benzene rings is 3. The van der Waals surface area contributed by atoms with Crippen molar-refractivity contribution in [1.29, 1.82) is 0 Å². The summed E-state index contributed by atoms with van der Waals surface area (Å²) in [5.74, 6) is 0.209. The third kappa shape index (κ3) is 4.97. The number of nitrogens with one attached hydrogen (secondary N) is 1. The number of hydrogen-bond donors (Lipinski definition) is 2. The van der Waals surface area contributed by atoms with Crippen molar-refractivity contribution in [3.8, 4) is 5.75 Å². The van der Waals surface area contributed by atoms with Crippen LogP contribution in [0.2, 0.25) is 0 Å². The molecule has 0 heterocycles. The minimum absolute atomic E-state index is 0. The molecule has 0 spiro atoms. The van der Waals surface area contributed by atoms with Gasteiger partial charge in [0.05, 0.1) is 0 Å². The highest BCUT2D eigenvalue weighted by Crippen LogP contribution is 2.28. The fraction of sp³-hybridized carbons (Fsp3) is 0.190. The van der Waals surface area contributed by atoms with E-state index in [0.29, 0.717) is 12.3 Å². The van der Waals surface area contributed by atoms with Crippen LogP contribution in [0, 0.1) is 6.92 Å². The number of ether oxygens (including phenoxy) is 1. The van der Waals surface area contributed by atoms with Crippen LogP contribution in [0.4, 0.5) is 0 Å². The van der Waals surface area contributed by atoms with Crippen molar-refractivity contribution in [2.24, 2.45) is 5.73 Å². The normalized spacial score (nSPS) is 10.3. The molecule has 0 fully saturated rings. The van der Waals surface area contributed by atoms with Crippen LogP contribution in [0.5, 0.6) is 5.75 Å². The van der Waals surface area contributed by atoms with Gasteiger partial charge in [-0.3, -0.25) is 4.79 Å². The SMILES string of the molecule is Cc1ccc(CNCc2c(OCC(N)=O)ccc3ccccc23)cc1.Cl. The van der Waals surface area contributed by atoms with Gasteiger partial charge in [0.25, 0.3) is 5.91 Å². The van der Waals surface area contributed by atoms with Gasteiger partial charge in [-0.15, -0.1) is 12.4 Å². The van der Waals surface area contributed by atoms with Crippen LogP contribution in [-0.2, 0) is 17.9 Å². The Bertz CT molecular complexity index is 879. The fourth-order valence-corrected chi connectivity index (χ4v) is 2.82. The van der Waals surface area contributed by atoms with Crippen LogP contribution in [0.1, 0.15) is 16.7 Å². The van der Waals surface area contributed by atoms with Gasteiger partial charge in [-0.25, -0.2) is 0 Å². The fourth-order valence-electron chi connectivity index (χ4n) is 2.82. The number of amides is 1. The largest absolute Gasteiger partial charge is 0.483 e. The molecule has 4 nitrogen and oxygen atoms in total. The first kappa shape index (κ1) is 19.8. The molecule has 0 radical (unpaired) electrons. The predicted octanol–water partition coefficient (Wildman–Crippen LogP) is 3.72. The van der Waals surface area contributed by atoms with Crippen LogP contribution in [0.3, 0.4) is 0 Å². The molecule has 0 saturated carbocycles. The van der Waals surface area contributed by atoms with Gasteiger partial charge in [0.1, 0.15) is 5.75 Å². The quantitative estimate of drug-likeness (QED) is 0.666. The topological polar surface area (TPSA) is 64.3 Å². The van der Waals surface area contributed by atoms with E-state index < -0.39 is 5.91 Å². The summed E-state index contributed by atoms with van der Waals surface area (Å²) in [5, 5.41) is 5.71. The lowest BCUT2D eigenvalue weighted by Crippen LogP contribution is -2.21. The van der Waals surface area contributed by atoms with E-state index in [1.807, 2.05) is 24.3 Å². The number of halogens is 1. The number of carbonyl (C=O) groups is 1. The lowest BCUT2D eigenvalue weighted by molar-refractivity contribution is -0.119. The average molecular weight is 371 g/mol. The second-order valence-corrected chi connectivity index (χ2v) is 6.11. The summed E-state index contributed by atoms with van der Waals surface area (Å²) in [7, 11) is 0. The van der Waals surface area contributed by atoms with Crippen LogP contribution < -0.4 is 15.8 Å². The number of nitrogens with two attached hydrogens (primary N) is 1. The number of primary amides is 1. The molecule has 0 aliphatic rings. The van der Waals surface area contributed by atoms with Gasteiger partial charge in [-0.1, -0.05) is 60.2 Å². The van der Waals surface area contributed by atoms with Gasteiger partial charge < -0.3 is 15.8 Å². The molecule has 1 amide bonds. The Morgan fingerprint density at radius 3 is 2.46 bits per heavy atom. The molecule has 26 heavy (non-hydrogen) atoms. The van der Waals surface area contributed by atoms with Gasteiger partial charge in [-0.05, 0) is 29.3 Å². The van der Waals surface area contributed by atoms with Crippen LogP contribution in [0.25, 0.3) is 10.8 Å². The number of hydrogen-bond acceptors (Lipinski definition) is 3. The number of aryl methyl sites for hydroxylation is 1. The Kier molecular flexibility index (Phi) is 7.01. The van der Waals surface area contributed by atoms with Crippen LogP contribution in [-0.4, -0.2) is 12.5 Å². The van der Waals surface area contributed by atoms with E-state index in [1.165, 1.54) is 11.1 Å². The molecule has 0 saturated heterocycles. The molecular formula is C21H23ClN2O2. The molecule has 3 N–H and O–H groups in total. The Morgan fingerprint density at radius 1 is 1.00 bits per heavy atom. The van der Waals surface area contributed by atoms with Crippen molar-refractivity contribution in [3.63, 3.8) is 0 Å². The molecule has 3 aromatic rings. The average Bonchev–Trinajstić information content (AvgIpc) is 2.62. The summed E-state index contributed by atoms with van der Waals surface area (Å²) in [6, 6.07) is 20.5. The van der Waals surface area contributed by atoms with E-state index in [0.717, 1.165) is 22.9 Å². The Hall–Kier alpha value is -2.56. The van der Waals surface area contributed by atoms with Gasteiger partial charge >= 0.3 is 0 Å². The molecular weight excluding hydrogens is 348 g/mol. The molecule has 5 heteroatoms. The predicted molar refractivity (Wildman–Crippen MR) is 108 cm³/mol. The van der Waals surface area contributed by atoms with Gasteiger partial charge in [-0.2, -0.15) is 0 Å². The molecule has 0 bridgehead atoms. The lowest BCUT2D eigenvalue weighted by Gasteiger charge is -2.14. The van der Waals surface area contributed by atoms with Gasteiger partial charge in [0.15, 0.2) is 6.61 Å². The van der Waals surface area contributed by atoms with Crippen LogP contribution >= 0.6 is 12.4 Å². The Balaban J connectivity index is 0.00000243. The Labute approximate surface area is 159 Å². The second kappa shape index (κ2) is 9.22. The summed E-state index contributed by atoms with van der Waals surface area (Å²) < 4.78 is 5.61. The third-order valence-corrected chi connectivity index (χ3v) is 4.12. The molecule has 0 aliphatic heterocycles. The Morgan fingerprint density at radius 2 is 1.73 bits per heavy atom. The maximum Gasteiger partial charge on any atom is 0.255 e. The summed E-state index contributed by atoms with van der Waals surface area (Å²) >= 11 is 0. The van der Waals surface area contributed by atoms with Crippen molar-refractivity contribution >= 4 is 29.1 Å². The van der Waals surface area contributed by atoms with E-state index in [-0.39, 0.29) is 19.0 Å². The first-order valence-corrected chi connectivity index (χ1v) is 8.31. The molecule has 0 atom stereocenters. The van der Waals surface area contributed by atoms with E-state index in [2.05, 4.69) is 48.6 Å². The van der Waals surface area contributed by atoms with Crippen molar-refractivity contribution in [2.45, 2.75) is 20.0 Å². The molecule has 0 aliphatic carbocycles. The zero-order valence-corrected chi connectivity index (χ0v) is 15.5. The maximum absolute atomic E-state index is 11.1. The zero-order valence-electron chi connectivity index (χ0n) is 14.7. The minimum Gasteiger partial charge on any atom is -0.483 e. The molecule has 3 aromatic carbocycles. The smallest absolute Gasteiger partial charge is 0.255 e. The van der Waals surface area contributed by atoms with E-state index in [9.17, 15) is 4.79 Å². The van der Waals surface area contributed by atoms with Gasteiger partial charge in [0.2, 0.25) is 0 Å². The third-order valence-electron chi connectivity index (χ3n) is 4.12. The second-order valence-electron chi connectivity index (χ2n) is 6.11. The summed E-state index contributed by atoms with van der Waals surface area (Å²) in [4.78, 5) is 11.1. The van der Waals surface area contributed by atoms with Crippen molar-refractivity contribution < 1.29 is 9.53 Å². The van der Waals surface area contributed by atoms with Crippen molar-refractivity contribution in [3.05, 3.63) is 77.4 Å². The zero-order chi connectivity index (χ0) is 17.6. The first-order valence-electron chi connectivity index (χ1n) is 8.31. The van der Waals surface area contributed by atoms with E-state index >= 15 is 0 Å². The van der Waals surface area contributed by atoms with Gasteiger partial charge in [0, 0.05) is 18.7 Å². The molecule has 136 valence electrons. The summed E-state index contributed by atoms with van der Waals surface area (Å²) in [5.41, 5.74) is 8.72. The van der Waals surface area contributed by atoms with Crippen molar-refractivity contribution in [2.75, 3.05) is 6.61 Å². The molecule has 0 aromatic heterocycles.